The van der Waals surface area contributed by atoms with Gasteiger partial charge in [0, 0.05) is 23.5 Å². The highest BCUT2D eigenvalue weighted by Gasteiger charge is 2.55. The van der Waals surface area contributed by atoms with Gasteiger partial charge in [-0.25, -0.2) is 9.36 Å². The molecule has 1 amide bonds. The zero-order valence-electron chi connectivity index (χ0n) is 17.5. The standard InChI is InChI=1S/C19H30N3O3SSi2/c1-27(2,3)20-15-17(23)22-16(19(24)25-28(4,5)6)14(13-26-18(15)22)12-21-10-8-7-9-11-21/h7-11,15,18,20H,12-13H2,1-6H3/q+1. The van der Waals surface area contributed by atoms with Crippen LogP contribution in [0.1, 0.15) is 0 Å². The number of β-lactam (4-membered cyclic amide) rings is 1. The summed E-state index contributed by atoms with van der Waals surface area (Å²) in [6.45, 7) is 13.1. The molecule has 2 aliphatic rings. The molecule has 0 aromatic carbocycles. The van der Waals surface area contributed by atoms with Crippen LogP contribution in [-0.4, -0.2) is 50.5 Å². The van der Waals surface area contributed by atoms with E-state index in [9.17, 15) is 9.59 Å². The number of nitrogens with one attached hydrogen (secondary N) is 1. The first kappa shape index (κ1) is 21.3. The molecule has 9 heteroatoms. The Labute approximate surface area is 173 Å². The fourth-order valence-electron chi connectivity index (χ4n) is 3.35. The van der Waals surface area contributed by atoms with Gasteiger partial charge in [0.25, 0.3) is 0 Å². The molecule has 1 fully saturated rings. The fourth-order valence-corrected chi connectivity index (χ4v) is 6.67. The smallest absolute Gasteiger partial charge is 0.341 e. The number of carbonyl (C=O) groups excluding carboxylic acids is 2. The number of fused-ring (bicyclic) bond motifs is 1. The third-order valence-corrected chi connectivity index (χ3v) is 7.69. The third-order valence-electron chi connectivity index (χ3n) is 4.38. The first-order chi connectivity index (χ1) is 13.0. The van der Waals surface area contributed by atoms with Gasteiger partial charge in [-0.15, -0.1) is 11.8 Å². The quantitative estimate of drug-likeness (QED) is 0.421. The number of nitrogens with zero attached hydrogens (tertiary/aromatic N) is 2. The molecule has 0 radical (unpaired) electrons. The first-order valence-electron chi connectivity index (χ1n) is 9.58. The van der Waals surface area contributed by atoms with Crippen molar-refractivity contribution in [3.63, 3.8) is 0 Å². The predicted octanol–water partition coefficient (Wildman–Crippen LogP) is 2.31. The van der Waals surface area contributed by atoms with E-state index in [1.165, 1.54) is 0 Å². The lowest BCUT2D eigenvalue weighted by atomic mass is 10.0. The monoisotopic (exact) mass is 436 g/mol. The first-order valence-corrected chi connectivity index (χ1v) is 17.5. The number of carbonyl (C=O) groups is 2. The Bertz CT molecular complexity index is 803. The van der Waals surface area contributed by atoms with Crippen LogP contribution in [0, 0.1) is 0 Å². The summed E-state index contributed by atoms with van der Waals surface area (Å²) >= 11 is 1.73. The van der Waals surface area contributed by atoms with Crippen molar-refractivity contribution >= 4 is 40.2 Å². The number of pyridine rings is 1. The second kappa shape index (κ2) is 7.77. The van der Waals surface area contributed by atoms with Gasteiger partial charge in [-0.05, 0) is 19.6 Å². The molecule has 2 atom stereocenters. The van der Waals surface area contributed by atoms with Gasteiger partial charge in [-0.1, -0.05) is 25.7 Å². The second-order valence-electron chi connectivity index (χ2n) is 9.28. The van der Waals surface area contributed by atoms with Crippen molar-refractivity contribution in [3.8, 4) is 0 Å². The molecule has 6 nitrogen and oxygen atoms in total. The lowest BCUT2D eigenvalue weighted by Gasteiger charge is -2.51. The summed E-state index contributed by atoms with van der Waals surface area (Å²) in [5.41, 5.74) is 1.40. The number of hydrogen-bond acceptors (Lipinski definition) is 5. The number of thioether (sulfide) groups is 1. The molecule has 3 heterocycles. The fraction of sp³-hybridized carbons (Fsp3) is 0.526. The van der Waals surface area contributed by atoms with E-state index in [4.69, 9.17) is 4.43 Å². The summed E-state index contributed by atoms with van der Waals surface area (Å²) in [7, 11) is -3.69. The molecule has 0 saturated carbocycles. The van der Waals surface area contributed by atoms with E-state index in [2.05, 4.69) is 24.6 Å². The normalized spacial score (nSPS) is 22.6. The maximum atomic E-state index is 13.1. The summed E-state index contributed by atoms with van der Waals surface area (Å²) in [6, 6.07) is 5.67. The SMILES string of the molecule is C[Si](C)(C)NC1C(=O)N2C(C(=O)O[Si](C)(C)C)=C(C[n+]3ccccc3)CSC12. The largest absolute Gasteiger partial charge is 0.515 e. The highest BCUT2D eigenvalue weighted by atomic mass is 32.2. The Hall–Kier alpha value is -1.43. The van der Waals surface area contributed by atoms with Gasteiger partial charge >= 0.3 is 5.97 Å². The molecule has 1 aromatic rings. The van der Waals surface area contributed by atoms with Gasteiger partial charge in [-0.2, -0.15) is 0 Å². The highest BCUT2D eigenvalue weighted by Crippen LogP contribution is 2.41. The van der Waals surface area contributed by atoms with Crippen LogP contribution >= 0.6 is 11.8 Å². The zero-order chi connectivity index (χ0) is 20.7. The van der Waals surface area contributed by atoms with E-state index in [0.717, 1.165) is 11.3 Å². The predicted molar refractivity (Wildman–Crippen MR) is 116 cm³/mol. The molecular weight excluding hydrogens is 406 g/mol. The second-order valence-corrected chi connectivity index (χ2v) is 19.6. The summed E-state index contributed by atoms with van der Waals surface area (Å²) in [4.78, 5) is 31.3. The van der Waals surface area contributed by atoms with Gasteiger partial charge in [0.2, 0.25) is 14.2 Å². The number of aromatic nitrogens is 1. The van der Waals surface area contributed by atoms with Gasteiger partial charge < -0.3 is 9.41 Å². The van der Waals surface area contributed by atoms with Crippen LogP contribution in [-0.2, 0) is 20.6 Å². The van der Waals surface area contributed by atoms with Crippen LogP contribution in [0.15, 0.2) is 41.9 Å². The summed E-state index contributed by atoms with van der Waals surface area (Å²) in [6.07, 6.45) is 3.94. The highest BCUT2D eigenvalue weighted by molar-refractivity contribution is 8.00. The Kier molecular flexibility index (Phi) is 5.91. The maximum Gasteiger partial charge on any atom is 0.341 e. The minimum absolute atomic E-state index is 0.0160. The molecular formula is C19H30N3O3SSi2+. The van der Waals surface area contributed by atoms with E-state index >= 15 is 0 Å². The van der Waals surface area contributed by atoms with Crippen molar-refractivity contribution < 1.29 is 18.6 Å². The van der Waals surface area contributed by atoms with E-state index < -0.39 is 16.6 Å². The van der Waals surface area contributed by atoms with Crippen molar-refractivity contribution in [2.45, 2.75) is 57.2 Å². The van der Waals surface area contributed by atoms with Gasteiger partial charge in [0.05, 0.1) is 0 Å². The molecule has 152 valence electrons. The molecule has 1 saturated heterocycles. The van der Waals surface area contributed by atoms with Crippen molar-refractivity contribution in [1.82, 2.24) is 9.88 Å². The zero-order valence-corrected chi connectivity index (χ0v) is 20.3. The van der Waals surface area contributed by atoms with Crippen molar-refractivity contribution in [3.05, 3.63) is 41.9 Å². The van der Waals surface area contributed by atoms with E-state index in [0.29, 0.717) is 12.2 Å². The van der Waals surface area contributed by atoms with Gasteiger partial charge in [0.1, 0.15) is 25.3 Å². The molecule has 0 spiro atoms. The van der Waals surface area contributed by atoms with Crippen LogP contribution in [0.5, 0.6) is 0 Å². The van der Waals surface area contributed by atoms with Crippen molar-refractivity contribution in [1.29, 1.82) is 0 Å². The molecule has 0 aliphatic carbocycles. The van der Waals surface area contributed by atoms with Gasteiger partial charge in [-0.3, -0.25) is 9.69 Å². The number of hydrogen-bond donors (Lipinski definition) is 1. The average molecular weight is 437 g/mol. The molecule has 0 bridgehead atoms. The van der Waals surface area contributed by atoms with Crippen LogP contribution in [0.4, 0.5) is 0 Å². The van der Waals surface area contributed by atoms with Crippen LogP contribution in [0.2, 0.25) is 39.3 Å². The Balaban J connectivity index is 1.92. The Morgan fingerprint density at radius 2 is 1.86 bits per heavy atom. The lowest BCUT2D eigenvalue weighted by molar-refractivity contribution is -0.689. The van der Waals surface area contributed by atoms with E-state index in [1.54, 1.807) is 16.7 Å². The summed E-state index contributed by atoms with van der Waals surface area (Å²) in [5.74, 6) is 0.351. The van der Waals surface area contributed by atoms with Crippen molar-refractivity contribution in [2.75, 3.05) is 5.75 Å². The molecule has 2 aliphatic heterocycles. The molecule has 3 rings (SSSR count). The minimum Gasteiger partial charge on any atom is -0.515 e. The number of amides is 1. The Morgan fingerprint density at radius 3 is 2.43 bits per heavy atom. The van der Waals surface area contributed by atoms with Crippen LogP contribution < -0.4 is 9.55 Å². The average Bonchev–Trinajstić information content (AvgIpc) is 2.58. The van der Waals surface area contributed by atoms with E-state index in [-0.39, 0.29) is 23.3 Å². The van der Waals surface area contributed by atoms with Crippen LogP contribution in [0.25, 0.3) is 0 Å². The third kappa shape index (κ3) is 4.76. The molecule has 28 heavy (non-hydrogen) atoms. The Morgan fingerprint density at radius 1 is 1.21 bits per heavy atom. The summed E-state index contributed by atoms with van der Waals surface area (Å²) < 4.78 is 7.83. The number of rotatable bonds is 6. The van der Waals surface area contributed by atoms with Crippen LogP contribution in [0.3, 0.4) is 0 Å². The molecule has 1 N–H and O–H groups in total. The topological polar surface area (TPSA) is 62.5 Å². The maximum absolute atomic E-state index is 13.1. The molecule has 2 unspecified atom stereocenters. The van der Waals surface area contributed by atoms with Crippen molar-refractivity contribution in [2.24, 2.45) is 0 Å². The van der Waals surface area contributed by atoms with Gasteiger partial charge in [0.15, 0.2) is 18.9 Å². The van der Waals surface area contributed by atoms with E-state index in [1.807, 2.05) is 54.8 Å². The summed E-state index contributed by atoms with van der Waals surface area (Å²) in [5, 5.41) is -0.0343. The lowest BCUT2D eigenvalue weighted by Crippen LogP contribution is -2.73. The molecule has 1 aromatic heterocycles. The minimum atomic E-state index is -2.07.